The van der Waals surface area contributed by atoms with E-state index in [-0.39, 0.29) is 11.9 Å². The minimum Gasteiger partial charge on any atom is -0.486 e. The molecule has 3 N–H and O–H groups in total. The van der Waals surface area contributed by atoms with E-state index in [0.717, 1.165) is 48.3 Å². The molecule has 10 nitrogen and oxygen atoms in total. The summed E-state index contributed by atoms with van der Waals surface area (Å²) in [5.74, 6) is 0.920. The molecule has 1 aliphatic rings. The molecule has 0 saturated carbocycles. The maximum atomic E-state index is 13.0. The Morgan fingerprint density at radius 1 is 1.16 bits per heavy atom. The number of anilines is 4. The Morgan fingerprint density at radius 2 is 2.07 bits per heavy atom. The first kappa shape index (κ1) is 30.2. The van der Waals surface area contributed by atoms with Gasteiger partial charge in [-0.05, 0) is 75.3 Å². The van der Waals surface area contributed by atoms with Gasteiger partial charge in [0.1, 0.15) is 24.5 Å². The molecule has 0 aliphatic carbocycles. The van der Waals surface area contributed by atoms with Crippen LogP contribution in [0, 0.1) is 0 Å². The van der Waals surface area contributed by atoms with Gasteiger partial charge >= 0.3 is 0 Å². The first-order valence-corrected chi connectivity index (χ1v) is 14.7. The third kappa shape index (κ3) is 7.98. The number of benzene rings is 2. The van der Waals surface area contributed by atoms with Gasteiger partial charge in [-0.2, -0.15) is 0 Å². The minimum atomic E-state index is -0.195. The van der Waals surface area contributed by atoms with Crippen molar-refractivity contribution in [1.82, 2.24) is 19.9 Å². The van der Waals surface area contributed by atoms with E-state index in [4.69, 9.17) is 21.1 Å². The molecule has 0 bridgehead atoms. The number of fused-ring (bicyclic) bond motifs is 1. The first-order chi connectivity index (χ1) is 21.0. The van der Waals surface area contributed by atoms with Crippen LogP contribution in [0.4, 0.5) is 22.9 Å². The molecule has 5 rings (SSSR count). The van der Waals surface area contributed by atoms with Crippen LogP contribution < -0.4 is 20.7 Å². The maximum absolute atomic E-state index is 13.0. The lowest BCUT2D eigenvalue weighted by atomic mass is 10.1. The molecule has 0 spiro atoms. The van der Waals surface area contributed by atoms with Gasteiger partial charge in [-0.3, -0.25) is 14.7 Å². The zero-order chi connectivity index (χ0) is 30.0. The highest BCUT2D eigenvalue weighted by Crippen LogP contribution is 2.37. The zero-order valence-electron chi connectivity index (χ0n) is 24.3. The number of carbonyl (C=O) groups is 1. The number of pyridine rings is 1. The molecular weight excluding hydrogens is 566 g/mol. The highest BCUT2D eigenvalue weighted by atomic mass is 35.5. The zero-order valence-corrected chi connectivity index (χ0v) is 25.1. The fourth-order valence-electron chi connectivity index (χ4n) is 4.98. The quantitative estimate of drug-likeness (QED) is 0.125. The largest absolute Gasteiger partial charge is 0.486 e. The lowest BCUT2D eigenvalue weighted by Gasteiger charge is -2.18. The summed E-state index contributed by atoms with van der Waals surface area (Å²) < 4.78 is 11.1. The molecule has 3 heterocycles. The number of amides is 1. The van der Waals surface area contributed by atoms with Crippen molar-refractivity contribution < 1.29 is 14.3 Å². The number of hydrogen-bond acceptors (Lipinski definition) is 9. The van der Waals surface area contributed by atoms with Crippen molar-refractivity contribution in [3.63, 3.8) is 0 Å². The summed E-state index contributed by atoms with van der Waals surface area (Å²) in [7, 11) is 3.75. The fourth-order valence-corrected chi connectivity index (χ4v) is 5.22. The molecule has 1 amide bonds. The van der Waals surface area contributed by atoms with Crippen molar-refractivity contribution in [3.8, 4) is 5.75 Å². The van der Waals surface area contributed by atoms with Crippen molar-refractivity contribution in [2.24, 2.45) is 0 Å². The number of likely N-dealkylation sites (N-methyl/N-ethyl adjacent to an activating group) is 1. The number of aromatic nitrogens is 3. The van der Waals surface area contributed by atoms with Crippen molar-refractivity contribution in [1.29, 1.82) is 0 Å². The van der Waals surface area contributed by atoms with E-state index in [1.54, 1.807) is 31.5 Å². The summed E-state index contributed by atoms with van der Waals surface area (Å²) in [6, 6.07) is 15.1. The predicted octanol–water partition coefficient (Wildman–Crippen LogP) is 6.04. The van der Waals surface area contributed by atoms with E-state index in [1.165, 1.54) is 6.33 Å². The van der Waals surface area contributed by atoms with Crippen molar-refractivity contribution in [2.75, 3.05) is 49.8 Å². The average Bonchev–Trinajstić information content (AvgIpc) is 3.43. The van der Waals surface area contributed by atoms with Gasteiger partial charge in [0.15, 0.2) is 0 Å². The van der Waals surface area contributed by atoms with Crippen LogP contribution >= 0.6 is 11.6 Å². The fraction of sp³-hybridized carbons (Fsp3) is 0.312. The molecule has 1 aliphatic heterocycles. The monoisotopic (exact) mass is 601 g/mol. The normalized spacial score (nSPS) is 15.2. The first-order valence-electron chi connectivity index (χ1n) is 14.3. The van der Waals surface area contributed by atoms with Crippen molar-refractivity contribution in [3.05, 3.63) is 83.9 Å². The van der Waals surface area contributed by atoms with Crippen LogP contribution in [-0.4, -0.2) is 65.7 Å². The van der Waals surface area contributed by atoms with Crippen molar-refractivity contribution in [2.45, 2.75) is 31.9 Å². The highest BCUT2D eigenvalue weighted by Gasteiger charge is 2.19. The number of hydrogen-bond donors (Lipinski definition) is 3. The standard InChI is InChI=1S/C32H36ClN7O3/c1-40-17-5-8-24(40)10-14-29(41)39-27-12-11-26-30(31(27)35-16-6-18-42-2)32(37-21-36-26)38-22-9-13-28(25(33)19-22)43-20-23-7-3-4-15-34-23/h3-4,7,9-15,19,21,24,35H,5-6,8,16-18,20H2,1-2H3,(H,39,41)(H,36,37,38)/b14-10+/t24-/m1/s1. The maximum Gasteiger partial charge on any atom is 0.248 e. The van der Waals surface area contributed by atoms with E-state index in [9.17, 15) is 4.79 Å². The SMILES string of the molecule is COCCCNc1c(NC(=O)/C=C/[C@H]2CCCN2C)ccc2ncnc(Nc3ccc(OCc4ccccn4)c(Cl)c3)c12. The second-order valence-corrected chi connectivity index (χ2v) is 10.7. The summed E-state index contributed by atoms with van der Waals surface area (Å²) >= 11 is 6.58. The van der Waals surface area contributed by atoms with E-state index in [0.29, 0.717) is 47.6 Å². The number of methoxy groups -OCH3 is 1. The summed E-state index contributed by atoms with van der Waals surface area (Å²) in [6.45, 7) is 2.58. The van der Waals surface area contributed by atoms with Crippen LogP contribution in [0.1, 0.15) is 25.0 Å². The Hall–Kier alpha value is -4.25. The number of likely N-dealkylation sites (tertiary alicyclic amines) is 1. The number of rotatable bonds is 13. The van der Waals surface area contributed by atoms with Gasteiger partial charge in [0.05, 0.1) is 33.0 Å². The molecule has 0 radical (unpaired) electrons. The van der Waals surface area contributed by atoms with E-state index in [1.807, 2.05) is 42.5 Å². The summed E-state index contributed by atoms with van der Waals surface area (Å²) in [6.07, 6.45) is 9.78. The Balaban J connectivity index is 1.39. The van der Waals surface area contributed by atoms with E-state index in [2.05, 4.69) is 42.8 Å². The average molecular weight is 602 g/mol. The Morgan fingerprint density at radius 3 is 2.84 bits per heavy atom. The van der Waals surface area contributed by atoms with E-state index >= 15 is 0 Å². The van der Waals surface area contributed by atoms with Gasteiger partial charge in [0.2, 0.25) is 5.91 Å². The van der Waals surface area contributed by atoms with Crippen LogP contribution in [0.15, 0.2) is 73.2 Å². The Kier molecular flexibility index (Phi) is 10.4. The van der Waals surface area contributed by atoms with E-state index < -0.39 is 0 Å². The third-order valence-corrected chi connectivity index (χ3v) is 7.53. The third-order valence-electron chi connectivity index (χ3n) is 7.23. The van der Waals surface area contributed by atoms with Crippen LogP contribution in [0.3, 0.4) is 0 Å². The summed E-state index contributed by atoms with van der Waals surface area (Å²) in [4.78, 5) is 28.6. The molecular formula is C32H36ClN7O3. The number of carbonyl (C=O) groups excluding carboxylic acids is 1. The topological polar surface area (TPSA) is 114 Å². The summed E-state index contributed by atoms with van der Waals surface area (Å²) in [5, 5.41) is 11.1. The number of ether oxygens (including phenoxy) is 2. The number of nitrogens with one attached hydrogen (secondary N) is 3. The molecule has 1 fully saturated rings. The Labute approximate surface area is 256 Å². The molecule has 224 valence electrons. The second-order valence-electron chi connectivity index (χ2n) is 10.3. The minimum absolute atomic E-state index is 0.195. The number of halogens is 1. The van der Waals surface area contributed by atoms with Gasteiger partial charge in [-0.25, -0.2) is 9.97 Å². The molecule has 0 unspecified atom stereocenters. The lowest BCUT2D eigenvalue weighted by molar-refractivity contribution is -0.111. The number of nitrogens with zero attached hydrogens (tertiary/aromatic N) is 4. The predicted molar refractivity (Wildman–Crippen MR) is 171 cm³/mol. The van der Waals surface area contributed by atoms with Crippen LogP contribution in [-0.2, 0) is 16.1 Å². The summed E-state index contributed by atoms with van der Waals surface area (Å²) in [5.41, 5.74) is 3.60. The van der Waals surface area contributed by atoms with Crippen molar-refractivity contribution >= 4 is 51.3 Å². The molecule has 11 heteroatoms. The molecule has 2 aromatic carbocycles. The van der Waals surface area contributed by atoms with Gasteiger partial charge in [0.25, 0.3) is 0 Å². The molecule has 1 atom stereocenters. The lowest BCUT2D eigenvalue weighted by Crippen LogP contribution is -2.23. The molecule has 1 saturated heterocycles. The van der Waals surface area contributed by atoms with Gasteiger partial charge in [-0.1, -0.05) is 23.7 Å². The van der Waals surface area contributed by atoms with Gasteiger partial charge in [-0.15, -0.1) is 0 Å². The Bertz CT molecular complexity index is 1570. The smallest absolute Gasteiger partial charge is 0.248 e. The molecule has 43 heavy (non-hydrogen) atoms. The van der Waals surface area contributed by atoms with Gasteiger partial charge in [0, 0.05) is 44.3 Å². The second kappa shape index (κ2) is 14.8. The molecule has 4 aromatic rings. The molecule has 2 aromatic heterocycles. The van der Waals surface area contributed by atoms with Gasteiger partial charge < -0.3 is 25.4 Å². The van der Waals surface area contributed by atoms with Crippen LogP contribution in [0.25, 0.3) is 10.9 Å². The highest BCUT2D eigenvalue weighted by molar-refractivity contribution is 6.32. The van der Waals surface area contributed by atoms with Crippen LogP contribution in [0.5, 0.6) is 5.75 Å². The van der Waals surface area contributed by atoms with Crippen LogP contribution in [0.2, 0.25) is 5.02 Å².